The van der Waals surface area contributed by atoms with Crippen molar-refractivity contribution in [2.75, 3.05) is 6.61 Å². The van der Waals surface area contributed by atoms with E-state index in [2.05, 4.69) is 53.9 Å². The van der Waals surface area contributed by atoms with Crippen LogP contribution in [0, 0.1) is 5.82 Å². The van der Waals surface area contributed by atoms with Gasteiger partial charge in [0.1, 0.15) is 11.6 Å². The van der Waals surface area contributed by atoms with Gasteiger partial charge in [-0.25, -0.2) is 4.39 Å². The van der Waals surface area contributed by atoms with E-state index >= 15 is 0 Å². The summed E-state index contributed by atoms with van der Waals surface area (Å²) in [4.78, 5) is -0.236. The average Bonchev–Trinajstić information content (AvgIpc) is 2.85. The van der Waals surface area contributed by atoms with Gasteiger partial charge in [0.15, 0.2) is 0 Å². The molecule has 0 radical (unpaired) electrons. The van der Waals surface area contributed by atoms with Crippen molar-refractivity contribution < 1.29 is 9.13 Å². The lowest BCUT2D eigenvalue weighted by molar-refractivity contribution is 0.354. The van der Waals surface area contributed by atoms with Crippen LogP contribution in [0.2, 0.25) is 0 Å². The van der Waals surface area contributed by atoms with Crippen molar-refractivity contribution in [1.82, 2.24) is 0 Å². The Labute approximate surface area is 141 Å². The molecule has 1 aliphatic heterocycles. The Morgan fingerprint density at radius 1 is 1.05 bits per heavy atom. The highest BCUT2D eigenvalue weighted by Crippen LogP contribution is 2.43. The van der Waals surface area contributed by atoms with Crippen LogP contribution in [0.15, 0.2) is 39.3 Å². The van der Waals surface area contributed by atoms with Crippen molar-refractivity contribution in [2.45, 2.75) is 11.2 Å². The molecule has 104 valence electrons. The molecule has 0 saturated heterocycles. The summed E-state index contributed by atoms with van der Waals surface area (Å²) in [6.07, 6.45) is 0.893. The summed E-state index contributed by atoms with van der Waals surface area (Å²) in [5.41, 5.74) is 2.72. The molecule has 0 spiro atoms. The van der Waals surface area contributed by atoms with Crippen molar-refractivity contribution in [3.05, 3.63) is 61.8 Å². The van der Waals surface area contributed by atoms with Gasteiger partial charge in [-0.2, -0.15) is 0 Å². The SMILES string of the molecule is Fc1cc(Br)ccc1C(Br)c1cc(Br)cc2c1OCC2. The molecule has 3 rings (SSSR count). The molecule has 1 nitrogen and oxygen atoms in total. The standard InChI is InChI=1S/C15H10Br3FO/c16-9-1-2-11(13(19)7-9)14(18)12-6-10(17)5-8-3-4-20-15(8)12/h1-2,5-7,14H,3-4H2. The van der Waals surface area contributed by atoms with Gasteiger partial charge in [-0.05, 0) is 29.8 Å². The van der Waals surface area contributed by atoms with Crippen LogP contribution in [0.4, 0.5) is 4.39 Å². The minimum atomic E-state index is -0.243. The highest BCUT2D eigenvalue weighted by Gasteiger charge is 2.24. The maximum Gasteiger partial charge on any atom is 0.129 e. The van der Waals surface area contributed by atoms with Crippen LogP contribution < -0.4 is 4.74 Å². The van der Waals surface area contributed by atoms with E-state index in [4.69, 9.17) is 4.74 Å². The number of alkyl halides is 1. The van der Waals surface area contributed by atoms with E-state index in [9.17, 15) is 4.39 Å². The maximum absolute atomic E-state index is 14.1. The minimum absolute atomic E-state index is 0.236. The van der Waals surface area contributed by atoms with E-state index < -0.39 is 0 Å². The molecule has 1 aliphatic rings. The molecule has 0 N–H and O–H groups in total. The second-order valence-electron chi connectivity index (χ2n) is 4.61. The first kappa shape index (κ1) is 14.5. The lowest BCUT2D eigenvalue weighted by Crippen LogP contribution is -2.00. The van der Waals surface area contributed by atoms with Gasteiger partial charge in [-0.1, -0.05) is 53.9 Å². The number of ether oxygens (including phenoxy) is 1. The van der Waals surface area contributed by atoms with Crippen molar-refractivity contribution in [1.29, 1.82) is 0 Å². The van der Waals surface area contributed by atoms with Crippen molar-refractivity contribution in [2.24, 2.45) is 0 Å². The summed E-state index contributed by atoms with van der Waals surface area (Å²) in [6.45, 7) is 0.682. The van der Waals surface area contributed by atoms with E-state index in [1.807, 2.05) is 12.1 Å². The van der Waals surface area contributed by atoms with Crippen LogP contribution in [0.3, 0.4) is 0 Å². The van der Waals surface area contributed by atoms with Crippen LogP contribution >= 0.6 is 47.8 Å². The number of hydrogen-bond donors (Lipinski definition) is 0. The van der Waals surface area contributed by atoms with Crippen molar-refractivity contribution in [3.63, 3.8) is 0 Å². The molecule has 0 aromatic heterocycles. The van der Waals surface area contributed by atoms with Crippen LogP contribution in [0.25, 0.3) is 0 Å². The molecule has 2 aromatic carbocycles. The molecular formula is C15H10Br3FO. The van der Waals surface area contributed by atoms with E-state index in [1.54, 1.807) is 6.07 Å². The largest absolute Gasteiger partial charge is 0.493 e. The Balaban J connectivity index is 2.09. The molecular weight excluding hydrogens is 455 g/mol. The van der Waals surface area contributed by atoms with Crippen molar-refractivity contribution in [3.8, 4) is 5.75 Å². The van der Waals surface area contributed by atoms with Crippen LogP contribution in [0.1, 0.15) is 21.5 Å². The molecule has 0 amide bonds. The summed E-state index contributed by atoms with van der Waals surface area (Å²) in [5, 5.41) is 0. The summed E-state index contributed by atoms with van der Waals surface area (Å²) >= 11 is 10.4. The van der Waals surface area contributed by atoms with Gasteiger partial charge in [0, 0.05) is 26.5 Å². The second-order valence-corrected chi connectivity index (χ2v) is 7.36. The van der Waals surface area contributed by atoms with Crippen LogP contribution in [-0.2, 0) is 6.42 Å². The quantitative estimate of drug-likeness (QED) is 0.513. The lowest BCUT2D eigenvalue weighted by atomic mass is 10.0. The number of fused-ring (bicyclic) bond motifs is 1. The molecule has 2 aromatic rings. The zero-order valence-corrected chi connectivity index (χ0v) is 15.1. The number of halogens is 4. The molecule has 0 aliphatic carbocycles. The Bertz CT molecular complexity index is 672. The van der Waals surface area contributed by atoms with Crippen LogP contribution in [0.5, 0.6) is 5.75 Å². The maximum atomic E-state index is 14.1. The average molecular weight is 465 g/mol. The van der Waals surface area contributed by atoms with Gasteiger partial charge in [0.05, 0.1) is 11.4 Å². The Hall–Kier alpha value is -0.390. The Morgan fingerprint density at radius 2 is 1.85 bits per heavy atom. The predicted molar refractivity (Wildman–Crippen MR) is 88.2 cm³/mol. The summed E-state index contributed by atoms with van der Waals surface area (Å²) < 4.78 is 21.6. The second kappa shape index (κ2) is 5.78. The van der Waals surface area contributed by atoms with Gasteiger partial charge in [-0.15, -0.1) is 0 Å². The van der Waals surface area contributed by atoms with E-state index in [1.165, 1.54) is 6.07 Å². The first-order chi connectivity index (χ1) is 9.56. The highest BCUT2D eigenvalue weighted by molar-refractivity contribution is 9.10. The monoisotopic (exact) mass is 462 g/mol. The third-order valence-corrected chi connectivity index (χ3v) is 5.22. The fourth-order valence-electron chi connectivity index (χ4n) is 2.36. The number of hydrogen-bond acceptors (Lipinski definition) is 1. The molecule has 1 heterocycles. The van der Waals surface area contributed by atoms with Gasteiger partial charge in [-0.3, -0.25) is 0 Å². The number of benzene rings is 2. The third-order valence-electron chi connectivity index (χ3n) is 3.29. The van der Waals surface area contributed by atoms with Crippen LogP contribution in [-0.4, -0.2) is 6.61 Å². The van der Waals surface area contributed by atoms with Gasteiger partial charge >= 0.3 is 0 Å². The molecule has 0 fully saturated rings. The molecule has 20 heavy (non-hydrogen) atoms. The molecule has 1 atom stereocenters. The predicted octanol–water partition coefficient (Wildman–Crippen LogP) is 5.77. The van der Waals surface area contributed by atoms with Gasteiger partial charge in [0.2, 0.25) is 0 Å². The van der Waals surface area contributed by atoms with Gasteiger partial charge in [0.25, 0.3) is 0 Å². The summed E-state index contributed by atoms with van der Waals surface area (Å²) in [5.74, 6) is 0.630. The number of rotatable bonds is 2. The molecule has 0 saturated carbocycles. The van der Waals surface area contributed by atoms with E-state index in [-0.39, 0.29) is 10.6 Å². The fraction of sp³-hybridized carbons (Fsp3) is 0.200. The smallest absolute Gasteiger partial charge is 0.129 e. The molecule has 0 bridgehead atoms. The summed E-state index contributed by atoms with van der Waals surface area (Å²) in [7, 11) is 0. The highest BCUT2D eigenvalue weighted by atomic mass is 79.9. The lowest BCUT2D eigenvalue weighted by Gasteiger charge is -2.16. The first-order valence-electron chi connectivity index (χ1n) is 6.10. The van der Waals surface area contributed by atoms with Gasteiger partial charge < -0.3 is 4.74 Å². The van der Waals surface area contributed by atoms with E-state index in [0.29, 0.717) is 12.2 Å². The minimum Gasteiger partial charge on any atom is -0.493 e. The normalized spacial score (nSPS) is 14.8. The molecule has 1 unspecified atom stereocenters. The Morgan fingerprint density at radius 3 is 2.60 bits per heavy atom. The van der Waals surface area contributed by atoms with Crippen molar-refractivity contribution >= 4 is 47.8 Å². The topological polar surface area (TPSA) is 9.23 Å². The van der Waals surface area contributed by atoms with E-state index in [0.717, 1.165) is 32.2 Å². The zero-order chi connectivity index (χ0) is 14.3. The summed E-state index contributed by atoms with van der Waals surface area (Å²) in [6, 6.07) is 9.13. The third kappa shape index (κ3) is 2.68. The molecule has 5 heteroatoms. The zero-order valence-electron chi connectivity index (χ0n) is 10.3. The fourth-order valence-corrected chi connectivity index (χ4v) is 3.93. The Kier molecular flexibility index (Phi) is 4.20. The first-order valence-corrected chi connectivity index (χ1v) is 8.60.